The number of hydrogen-bond donors (Lipinski definition) is 1. The lowest BCUT2D eigenvalue weighted by molar-refractivity contribution is 0.0448. The molecule has 0 spiro atoms. The summed E-state index contributed by atoms with van der Waals surface area (Å²) in [6.45, 7) is 3.77. The Balaban J connectivity index is 1.80. The number of pyridine rings is 1. The molecular formula is C13H18N2O. The van der Waals surface area contributed by atoms with Crippen molar-refractivity contribution in [2.24, 2.45) is 0 Å². The van der Waals surface area contributed by atoms with Gasteiger partial charge in [-0.2, -0.15) is 0 Å². The highest BCUT2D eigenvalue weighted by molar-refractivity contribution is 5.23. The fourth-order valence-corrected chi connectivity index (χ4v) is 2.55. The number of β-amino-alcohol motifs (C(OH)–C–C–N with tert-alkyl or cyclic N) is 1. The Kier molecular flexibility index (Phi) is 2.26. The van der Waals surface area contributed by atoms with Crippen LogP contribution in [-0.4, -0.2) is 34.1 Å². The number of hydrogen-bond acceptors (Lipinski definition) is 3. The zero-order valence-electron chi connectivity index (χ0n) is 9.69. The van der Waals surface area contributed by atoms with Gasteiger partial charge in [0.1, 0.15) is 5.60 Å². The molecule has 1 unspecified atom stereocenters. The Morgan fingerprint density at radius 3 is 2.88 bits per heavy atom. The van der Waals surface area contributed by atoms with E-state index in [2.05, 4.69) is 9.88 Å². The Labute approximate surface area is 96.1 Å². The maximum atomic E-state index is 10.6. The second-order valence-electron chi connectivity index (χ2n) is 5.17. The number of aliphatic hydroxyl groups is 1. The fourth-order valence-electron chi connectivity index (χ4n) is 2.55. The minimum absolute atomic E-state index is 0.663. The average Bonchev–Trinajstić information content (AvgIpc) is 3.04. The third kappa shape index (κ3) is 1.74. The number of aryl methyl sites for hydroxylation is 1. The van der Waals surface area contributed by atoms with E-state index in [-0.39, 0.29) is 0 Å². The molecule has 0 amide bonds. The van der Waals surface area contributed by atoms with Crippen molar-refractivity contribution in [2.75, 3.05) is 13.1 Å². The monoisotopic (exact) mass is 218 g/mol. The van der Waals surface area contributed by atoms with E-state index in [0.717, 1.165) is 36.8 Å². The van der Waals surface area contributed by atoms with Crippen LogP contribution < -0.4 is 0 Å². The van der Waals surface area contributed by atoms with Crippen LogP contribution in [0.25, 0.3) is 0 Å². The lowest BCUT2D eigenvalue weighted by Gasteiger charge is -2.23. The van der Waals surface area contributed by atoms with Gasteiger partial charge < -0.3 is 5.11 Å². The van der Waals surface area contributed by atoms with E-state index in [1.165, 1.54) is 12.8 Å². The first-order valence-corrected chi connectivity index (χ1v) is 6.07. The Morgan fingerprint density at radius 1 is 1.44 bits per heavy atom. The van der Waals surface area contributed by atoms with Crippen LogP contribution in [0.4, 0.5) is 0 Å². The molecule has 86 valence electrons. The van der Waals surface area contributed by atoms with Crippen molar-refractivity contribution >= 4 is 0 Å². The first-order valence-electron chi connectivity index (χ1n) is 6.07. The average molecular weight is 218 g/mol. The minimum Gasteiger partial charge on any atom is -0.384 e. The SMILES string of the molecule is Cc1ccc(C2(O)CCN(C3CC3)C2)cn1. The number of rotatable bonds is 2. The van der Waals surface area contributed by atoms with E-state index >= 15 is 0 Å². The lowest BCUT2D eigenvalue weighted by Crippen LogP contribution is -2.31. The molecule has 1 saturated heterocycles. The van der Waals surface area contributed by atoms with E-state index in [9.17, 15) is 5.11 Å². The summed E-state index contributed by atoms with van der Waals surface area (Å²) in [7, 11) is 0. The first kappa shape index (κ1) is 10.2. The lowest BCUT2D eigenvalue weighted by atomic mass is 9.94. The van der Waals surface area contributed by atoms with Crippen molar-refractivity contribution in [1.29, 1.82) is 0 Å². The molecule has 1 N–H and O–H groups in total. The van der Waals surface area contributed by atoms with Gasteiger partial charge in [0.2, 0.25) is 0 Å². The third-order valence-electron chi connectivity index (χ3n) is 3.79. The molecule has 0 aromatic carbocycles. The molecule has 1 saturated carbocycles. The highest BCUT2D eigenvalue weighted by Crippen LogP contribution is 2.37. The third-order valence-corrected chi connectivity index (χ3v) is 3.79. The number of aromatic nitrogens is 1. The summed E-state index contributed by atoms with van der Waals surface area (Å²) < 4.78 is 0. The van der Waals surface area contributed by atoms with Crippen molar-refractivity contribution in [1.82, 2.24) is 9.88 Å². The van der Waals surface area contributed by atoms with Gasteiger partial charge in [-0.3, -0.25) is 9.88 Å². The quantitative estimate of drug-likeness (QED) is 0.816. The molecule has 3 rings (SSSR count). The predicted octanol–water partition coefficient (Wildman–Crippen LogP) is 1.45. The zero-order valence-corrected chi connectivity index (χ0v) is 9.69. The van der Waals surface area contributed by atoms with Crippen molar-refractivity contribution in [3.63, 3.8) is 0 Å². The van der Waals surface area contributed by atoms with Gasteiger partial charge in [-0.1, -0.05) is 6.07 Å². The molecule has 16 heavy (non-hydrogen) atoms. The topological polar surface area (TPSA) is 36.4 Å². The van der Waals surface area contributed by atoms with Crippen LogP contribution in [0.3, 0.4) is 0 Å². The molecule has 1 aliphatic carbocycles. The van der Waals surface area contributed by atoms with Gasteiger partial charge in [0.15, 0.2) is 0 Å². The van der Waals surface area contributed by atoms with Crippen LogP contribution in [0.15, 0.2) is 18.3 Å². The summed E-state index contributed by atoms with van der Waals surface area (Å²) >= 11 is 0. The second kappa shape index (κ2) is 3.54. The second-order valence-corrected chi connectivity index (χ2v) is 5.17. The van der Waals surface area contributed by atoms with Gasteiger partial charge in [-0.25, -0.2) is 0 Å². The van der Waals surface area contributed by atoms with Crippen LogP contribution in [0.2, 0.25) is 0 Å². The molecule has 0 radical (unpaired) electrons. The summed E-state index contributed by atoms with van der Waals surface area (Å²) in [5.74, 6) is 0. The Bertz CT molecular complexity index is 385. The standard InChI is InChI=1S/C13H18N2O/c1-10-2-3-11(8-14-10)13(16)6-7-15(9-13)12-4-5-12/h2-3,8,12,16H,4-7,9H2,1H3. The van der Waals surface area contributed by atoms with E-state index in [1.54, 1.807) is 0 Å². The number of likely N-dealkylation sites (tertiary alicyclic amines) is 1. The van der Waals surface area contributed by atoms with E-state index in [0.29, 0.717) is 0 Å². The summed E-state index contributed by atoms with van der Waals surface area (Å²) in [4.78, 5) is 6.69. The van der Waals surface area contributed by atoms with E-state index in [4.69, 9.17) is 0 Å². The molecule has 2 aliphatic rings. The molecule has 1 atom stereocenters. The summed E-state index contributed by atoms with van der Waals surface area (Å²) in [6, 6.07) is 4.73. The molecule has 3 nitrogen and oxygen atoms in total. The summed E-state index contributed by atoms with van der Waals surface area (Å²) in [5, 5.41) is 10.6. The minimum atomic E-state index is -0.663. The van der Waals surface area contributed by atoms with Crippen molar-refractivity contribution in [3.8, 4) is 0 Å². The van der Waals surface area contributed by atoms with Gasteiger partial charge in [-0.15, -0.1) is 0 Å². The van der Waals surface area contributed by atoms with E-state index < -0.39 is 5.60 Å². The summed E-state index contributed by atoms with van der Waals surface area (Å²) in [5.41, 5.74) is 1.31. The molecule has 0 bridgehead atoms. The zero-order chi connectivity index (χ0) is 11.2. The largest absolute Gasteiger partial charge is 0.384 e. The predicted molar refractivity (Wildman–Crippen MR) is 62.1 cm³/mol. The normalized spacial score (nSPS) is 30.9. The molecule has 1 aromatic heterocycles. The first-order chi connectivity index (χ1) is 7.67. The van der Waals surface area contributed by atoms with Gasteiger partial charge in [0.05, 0.1) is 0 Å². The van der Waals surface area contributed by atoms with Crippen molar-refractivity contribution in [2.45, 2.75) is 37.8 Å². The van der Waals surface area contributed by atoms with Crippen LogP contribution in [0.5, 0.6) is 0 Å². The maximum Gasteiger partial charge on any atom is 0.105 e. The Hall–Kier alpha value is -0.930. The molecule has 2 fully saturated rings. The molecular weight excluding hydrogens is 200 g/mol. The van der Waals surface area contributed by atoms with Gasteiger partial charge in [0, 0.05) is 36.6 Å². The van der Waals surface area contributed by atoms with Crippen LogP contribution in [-0.2, 0) is 5.60 Å². The van der Waals surface area contributed by atoms with Crippen LogP contribution in [0, 0.1) is 6.92 Å². The molecule has 1 aliphatic heterocycles. The van der Waals surface area contributed by atoms with Crippen LogP contribution >= 0.6 is 0 Å². The van der Waals surface area contributed by atoms with E-state index in [1.807, 2.05) is 25.3 Å². The molecule has 3 heteroatoms. The maximum absolute atomic E-state index is 10.6. The van der Waals surface area contributed by atoms with Gasteiger partial charge in [-0.05, 0) is 32.3 Å². The fraction of sp³-hybridized carbons (Fsp3) is 0.615. The van der Waals surface area contributed by atoms with Gasteiger partial charge in [0.25, 0.3) is 0 Å². The molecule has 1 aromatic rings. The Morgan fingerprint density at radius 2 is 2.25 bits per heavy atom. The summed E-state index contributed by atoms with van der Waals surface area (Å²) in [6.07, 6.45) is 5.28. The molecule has 2 heterocycles. The number of nitrogens with zero attached hydrogens (tertiary/aromatic N) is 2. The smallest absolute Gasteiger partial charge is 0.105 e. The van der Waals surface area contributed by atoms with Crippen molar-refractivity contribution in [3.05, 3.63) is 29.6 Å². The van der Waals surface area contributed by atoms with Crippen molar-refractivity contribution < 1.29 is 5.11 Å². The van der Waals surface area contributed by atoms with Gasteiger partial charge >= 0.3 is 0 Å². The highest BCUT2D eigenvalue weighted by Gasteiger charge is 2.43. The van der Waals surface area contributed by atoms with Crippen LogP contribution in [0.1, 0.15) is 30.5 Å². The highest BCUT2D eigenvalue weighted by atomic mass is 16.3.